The van der Waals surface area contributed by atoms with Crippen LogP contribution in [0.15, 0.2) is 66.2 Å². The molecule has 2 aromatic carbocycles. The number of ketones is 1. The number of benzene rings is 2. The molecule has 1 atom stereocenters. The highest BCUT2D eigenvalue weighted by Gasteiger charge is 2.43. The zero-order valence-corrected chi connectivity index (χ0v) is 22.5. The van der Waals surface area contributed by atoms with Gasteiger partial charge in [0.25, 0.3) is 0 Å². The van der Waals surface area contributed by atoms with Gasteiger partial charge in [-0.1, -0.05) is 70.2 Å². The molecule has 0 amide bonds. The van der Waals surface area contributed by atoms with E-state index < -0.39 is 0 Å². The predicted octanol–water partition coefficient (Wildman–Crippen LogP) is 6.30. The average Bonchev–Trinajstić information content (AvgIpc) is 3.29. The van der Waals surface area contributed by atoms with Crippen LogP contribution in [0, 0.1) is 12.3 Å². The molecular weight excluding hydrogens is 476 g/mol. The van der Waals surface area contributed by atoms with Gasteiger partial charge in [-0.25, -0.2) is 14.5 Å². The summed E-state index contributed by atoms with van der Waals surface area (Å²) in [7, 11) is 0. The fraction of sp³-hybridized carbons (Fsp3) is 0.355. The number of carbonyl (C=O) groups excluding carboxylic acids is 1. The lowest BCUT2D eigenvalue weighted by Crippen LogP contribution is -2.33. The second-order valence-electron chi connectivity index (χ2n) is 11.5. The number of Topliss-reactive ketones (excluding diaryl/α,β-unsaturated/α-hetero) is 1. The third kappa shape index (κ3) is 4.26. The van der Waals surface area contributed by atoms with E-state index in [1.54, 1.807) is 10.8 Å². The standard InChI is InChI=1S/C31H32N4O3/c1-18(2)21-12-11-19(3)13-23(21)37-16-25-33-29-28-26(20-9-7-6-8-10-20)27-22(36)14-31(4,5)15-24(27)38-30(28)32-17-35(29)34-25/h6-13,17-18,26H,14-16H2,1-5H3/t26-/m1/s1. The van der Waals surface area contributed by atoms with Crippen LogP contribution in [0.2, 0.25) is 0 Å². The molecule has 0 radical (unpaired) electrons. The minimum absolute atomic E-state index is 0.112. The van der Waals surface area contributed by atoms with Crippen LogP contribution >= 0.6 is 0 Å². The van der Waals surface area contributed by atoms with Crippen LogP contribution in [0.4, 0.5) is 0 Å². The molecule has 1 aliphatic carbocycles. The van der Waals surface area contributed by atoms with Crippen molar-refractivity contribution < 1.29 is 14.3 Å². The van der Waals surface area contributed by atoms with Crippen molar-refractivity contribution in [3.63, 3.8) is 0 Å². The lowest BCUT2D eigenvalue weighted by molar-refractivity contribution is -0.118. The van der Waals surface area contributed by atoms with Gasteiger partial charge < -0.3 is 9.47 Å². The van der Waals surface area contributed by atoms with Crippen molar-refractivity contribution in [1.82, 2.24) is 19.6 Å². The molecule has 3 heterocycles. The normalized spacial score (nSPS) is 18.4. The highest BCUT2D eigenvalue weighted by molar-refractivity contribution is 6.00. The minimum atomic E-state index is -0.322. The Morgan fingerprint density at radius 2 is 1.92 bits per heavy atom. The number of carbonyl (C=O) groups is 1. The highest BCUT2D eigenvalue weighted by atomic mass is 16.5. The Morgan fingerprint density at radius 3 is 2.68 bits per heavy atom. The third-order valence-electron chi connectivity index (χ3n) is 7.39. The third-order valence-corrected chi connectivity index (χ3v) is 7.39. The quantitative estimate of drug-likeness (QED) is 0.315. The Labute approximate surface area is 222 Å². The Morgan fingerprint density at radius 1 is 1.13 bits per heavy atom. The van der Waals surface area contributed by atoms with Gasteiger partial charge in [0.1, 0.15) is 24.4 Å². The van der Waals surface area contributed by atoms with Crippen LogP contribution in [0.25, 0.3) is 5.65 Å². The predicted molar refractivity (Wildman–Crippen MR) is 144 cm³/mol. The molecule has 1 aliphatic heterocycles. The van der Waals surface area contributed by atoms with Crippen LogP contribution in [-0.2, 0) is 11.4 Å². The molecule has 0 unspecified atom stereocenters. The molecule has 2 aromatic heterocycles. The van der Waals surface area contributed by atoms with Crippen LogP contribution in [0.3, 0.4) is 0 Å². The molecule has 0 fully saturated rings. The van der Waals surface area contributed by atoms with E-state index in [1.807, 2.05) is 30.3 Å². The van der Waals surface area contributed by atoms with E-state index in [4.69, 9.17) is 14.5 Å². The van der Waals surface area contributed by atoms with Crippen LogP contribution in [0.5, 0.6) is 11.6 Å². The summed E-state index contributed by atoms with van der Waals surface area (Å²) in [6, 6.07) is 16.3. The number of allylic oxidation sites excluding steroid dienone is 2. The van der Waals surface area contributed by atoms with Crippen molar-refractivity contribution in [2.75, 3.05) is 0 Å². The summed E-state index contributed by atoms with van der Waals surface area (Å²) in [6.45, 7) is 10.8. The molecule has 4 aromatic rings. The minimum Gasteiger partial charge on any atom is -0.485 e. The zero-order chi connectivity index (χ0) is 26.6. The topological polar surface area (TPSA) is 78.6 Å². The van der Waals surface area contributed by atoms with Crippen molar-refractivity contribution in [2.45, 2.75) is 65.9 Å². The fourth-order valence-corrected chi connectivity index (χ4v) is 5.62. The van der Waals surface area contributed by atoms with Crippen LogP contribution < -0.4 is 9.47 Å². The summed E-state index contributed by atoms with van der Waals surface area (Å²) in [6.07, 6.45) is 2.79. The molecule has 0 bridgehead atoms. The maximum atomic E-state index is 13.5. The molecule has 0 spiro atoms. The highest BCUT2D eigenvalue weighted by Crippen LogP contribution is 2.50. The number of ether oxygens (including phenoxy) is 2. The van der Waals surface area contributed by atoms with Crippen molar-refractivity contribution in [1.29, 1.82) is 0 Å². The summed E-state index contributed by atoms with van der Waals surface area (Å²) >= 11 is 0. The van der Waals surface area contributed by atoms with Gasteiger partial charge in [-0.3, -0.25) is 4.79 Å². The number of hydrogen-bond donors (Lipinski definition) is 0. The van der Waals surface area contributed by atoms with E-state index in [0.717, 1.165) is 28.0 Å². The number of aromatic nitrogens is 4. The maximum Gasteiger partial charge on any atom is 0.228 e. The Bertz CT molecular complexity index is 1580. The van der Waals surface area contributed by atoms with Crippen LogP contribution in [-0.4, -0.2) is 25.4 Å². The Kier molecular flexibility index (Phi) is 5.82. The maximum absolute atomic E-state index is 13.5. The molecule has 2 aliphatic rings. The monoisotopic (exact) mass is 508 g/mol. The number of hydrogen-bond acceptors (Lipinski definition) is 6. The van der Waals surface area contributed by atoms with Crippen molar-refractivity contribution in [3.05, 3.63) is 94.3 Å². The van der Waals surface area contributed by atoms with E-state index in [1.165, 1.54) is 0 Å². The molecule has 7 heteroatoms. The summed E-state index contributed by atoms with van der Waals surface area (Å²) in [4.78, 5) is 23.0. The first-order valence-corrected chi connectivity index (χ1v) is 13.2. The fourth-order valence-electron chi connectivity index (χ4n) is 5.62. The lowest BCUT2D eigenvalue weighted by Gasteiger charge is -2.37. The van der Waals surface area contributed by atoms with E-state index in [0.29, 0.717) is 47.4 Å². The Hall–Kier alpha value is -4.00. The van der Waals surface area contributed by atoms with E-state index >= 15 is 0 Å². The van der Waals surface area contributed by atoms with E-state index in [2.05, 4.69) is 62.9 Å². The number of aryl methyl sites for hydroxylation is 1. The molecule has 0 N–H and O–H groups in total. The van der Waals surface area contributed by atoms with E-state index in [9.17, 15) is 4.79 Å². The molecule has 6 rings (SSSR count). The molecule has 194 valence electrons. The summed E-state index contributed by atoms with van der Waals surface area (Å²) < 4.78 is 14.2. The molecule has 7 nitrogen and oxygen atoms in total. The molecule has 0 saturated carbocycles. The number of fused-ring (bicyclic) bond motifs is 3. The summed E-state index contributed by atoms with van der Waals surface area (Å²) in [5.41, 5.74) is 5.23. The first-order valence-electron chi connectivity index (χ1n) is 13.2. The molecule has 38 heavy (non-hydrogen) atoms. The number of rotatable bonds is 5. The molecular formula is C31H32N4O3. The molecule has 0 saturated heterocycles. The van der Waals surface area contributed by atoms with Gasteiger partial charge in [-0.2, -0.15) is 0 Å². The second-order valence-corrected chi connectivity index (χ2v) is 11.5. The largest absolute Gasteiger partial charge is 0.485 e. The van der Waals surface area contributed by atoms with Gasteiger partial charge in [0.2, 0.25) is 5.88 Å². The van der Waals surface area contributed by atoms with Gasteiger partial charge in [0.15, 0.2) is 17.3 Å². The van der Waals surface area contributed by atoms with Gasteiger partial charge in [0.05, 0.1) is 5.56 Å². The van der Waals surface area contributed by atoms with Gasteiger partial charge in [-0.05, 0) is 41.0 Å². The SMILES string of the molecule is Cc1ccc(C(C)C)c(OCc2nc3c4c(ncn3n2)OC2=C(C(=O)CC(C)(C)C2)[C@H]4c2ccccc2)c1. The van der Waals surface area contributed by atoms with Crippen molar-refractivity contribution >= 4 is 11.4 Å². The number of nitrogens with zero attached hydrogens (tertiary/aromatic N) is 4. The second kappa shape index (κ2) is 9.08. The summed E-state index contributed by atoms with van der Waals surface area (Å²) in [5, 5.41) is 4.67. The van der Waals surface area contributed by atoms with Gasteiger partial charge in [-0.15, -0.1) is 5.10 Å². The van der Waals surface area contributed by atoms with E-state index in [-0.39, 0.29) is 23.7 Å². The van der Waals surface area contributed by atoms with Gasteiger partial charge >= 0.3 is 0 Å². The lowest BCUT2D eigenvalue weighted by atomic mass is 9.70. The smallest absolute Gasteiger partial charge is 0.228 e. The first-order chi connectivity index (χ1) is 18.2. The van der Waals surface area contributed by atoms with Crippen LogP contribution in [0.1, 0.15) is 80.5 Å². The average molecular weight is 509 g/mol. The Balaban J connectivity index is 1.43. The van der Waals surface area contributed by atoms with Crippen molar-refractivity contribution in [2.24, 2.45) is 5.41 Å². The van der Waals surface area contributed by atoms with Gasteiger partial charge in [0, 0.05) is 24.3 Å². The van der Waals surface area contributed by atoms with Crippen molar-refractivity contribution in [3.8, 4) is 11.6 Å². The zero-order valence-electron chi connectivity index (χ0n) is 22.5. The first kappa shape index (κ1) is 24.3. The summed E-state index contributed by atoms with van der Waals surface area (Å²) in [5.74, 6) is 2.71.